The molecule has 176 valence electrons. The Morgan fingerprint density at radius 2 is 1.97 bits per heavy atom. The molecule has 2 aliphatic rings. The van der Waals surface area contributed by atoms with Crippen LogP contribution in [0.25, 0.3) is 0 Å². The molecule has 1 aromatic heterocycles. The molecule has 1 aliphatic carbocycles. The summed E-state index contributed by atoms with van der Waals surface area (Å²) in [6, 6.07) is 15.4. The van der Waals surface area contributed by atoms with E-state index in [1.165, 1.54) is 23.1 Å². The van der Waals surface area contributed by atoms with E-state index >= 15 is 0 Å². The normalized spacial score (nSPS) is 17.2. The van der Waals surface area contributed by atoms with Crippen LogP contribution in [-0.4, -0.2) is 47.4 Å². The SMILES string of the molecule is Cc1ccccc1OCC1c2ccsc2CCN1C(=O)CN(C(=O)c1cccc(F)c1)C1CC1. The lowest BCUT2D eigenvalue weighted by atomic mass is 10.00. The first-order valence-electron chi connectivity index (χ1n) is 11.6. The van der Waals surface area contributed by atoms with Crippen molar-refractivity contribution in [1.82, 2.24) is 9.80 Å². The highest BCUT2D eigenvalue weighted by Crippen LogP contribution is 2.35. The summed E-state index contributed by atoms with van der Waals surface area (Å²) in [4.78, 5) is 31.5. The Morgan fingerprint density at radius 1 is 1.15 bits per heavy atom. The zero-order valence-corrected chi connectivity index (χ0v) is 19.9. The van der Waals surface area contributed by atoms with E-state index in [1.54, 1.807) is 22.3 Å². The van der Waals surface area contributed by atoms with Crippen molar-refractivity contribution in [3.05, 3.63) is 87.4 Å². The van der Waals surface area contributed by atoms with Gasteiger partial charge >= 0.3 is 0 Å². The second-order valence-corrected chi connectivity index (χ2v) is 9.90. The first-order chi connectivity index (χ1) is 16.5. The van der Waals surface area contributed by atoms with Gasteiger partial charge in [-0.3, -0.25) is 9.59 Å². The number of ether oxygens (including phenoxy) is 1. The number of benzene rings is 2. The average molecular weight is 479 g/mol. The lowest BCUT2D eigenvalue weighted by Gasteiger charge is -2.37. The van der Waals surface area contributed by atoms with E-state index in [0.717, 1.165) is 36.1 Å². The Balaban J connectivity index is 1.35. The predicted octanol–water partition coefficient (Wildman–Crippen LogP) is 5.01. The monoisotopic (exact) mass is 478 g/mol. The van der Waals surface area contributed by atoms with Crippen LogP contribution in [0.5, 0.6) is 5.75 Å². The van der Waals surface area contributed by atoms with Crippen LogP contribution in [0.1, 0.15) is 45.2 Å². The second-order valence-electron chi connectivity index (χ2n) is 8.90. The largest absolute Gasteiger partial charge is 0.491 e. The van der Waals surface area contributed by atoms with Crippen molar-refractivity contribution >= 4 is 23.2 Å². The van der Waals surface area contributed by atoms with Gasteiger partial charge in [-0.2, -0.15) is 0 Å². The third-order valence-electron chi connectivity index (χ3n) is 6.53. The van der Waals surface area contributed by atoms with Crippen LogP contribution < -0.4 is 4.74 Å². The van der Waals surface area contributed by atoms with Gasteiger partial charge in [-0.1, -0.05) is 24.3 Å². The molecule has 0 N–H and O–H groups in total. The number of rotatable bonds is 7. The van der Waals surface area contributed by atoms with Gasteiger partial charge in [-0.05, 0) is 73.0 Å². The minimum Gasteiger partial charge on any atom is -0.491 e. The highest BCUT2D eigenvalue weighted by atomic mass is 32.1. The number of hydrogen-bond donors (Lipinski definition) is 0. The van der Waals surface area contributed by atoms with Gasteiger partial charge in [0.05, 0.1) is 6.04 Å². The van der Waals surface area contributed by atoms with Gasteiger partial charge in [0.15, 0.2) is 0 Å². The number of halogens is 1. The summed E-state index contributed by atoms with van der Waals surface area (Å²) in [6.45, 7) is 2.92. The minimum atomic E-state index is -0.456. The lowest BCUT2D eigenvalue weighted by Crippen LogP contribution is -2.48. The zero-order valence-electron chi connectivity index (χ0n) is 19.1. The molecule has 0 radical (unpaired) electrons. The van der Waals surface area contributed by atoms with E-state index < -0.39 is 5.82 Å². The molecule has 2 heterocycles. The number of carbonyl (C=O) groups excluding carboxylic acids is 2. The van der Waals surface area contributed by atoms with Crippen molar-refractivity contribution in [2.75, 3.05) is 19.7 Å². The van der Waals surface area contributed by atoms with Crippen LogP contribution in [0.4, 0.5) is 4.39 Å². The summed E-state index contributed by atoms with van der Waals surface area (Å²) in [6.07, 6.45) is 2.52. The van der Waals surface area contributed by atoms with E-state index in [4.69, 9.17) is 4.74 Å². The number of hydrogen-bond acceptors (Lipinski definition) is 4. The third kappa shape index (κ3) is 4.71. The minimum absolute atomic E-state index is 0.0135. The highest BCUT2D eigenvalue weighted by molar-refractivity contribution is 7.10. The van der Waals surface area contributed by atoms with Gasteiger partial charge in [0, 0.05) is 23.0 Å². The predicted molar refractivity (Wildman–Crippen MR) is 130 cm³/mol. The van der Waals surface area contributed by atoms with Crippen molar-refractivity contribution in [2.45, 2.75) is 38.3 Å². The van der Waals surface area contributed by atoms with Gasteiger partial charge in [-0.15, -0.1) is 11.3 Å². The second kappa shape index (κ2) is 9.58. The summed E-state index contributed by atoms with van der Waals surface area (Å²) < 4.78 is 19.9. The van der Waals surface area contributed by atoms with Gasteiger partial charge < -0.3 is 14.5 Å². The molecular formula is C27H27FN2O3S. The number of nitrogens with zero attached hydrogens (tertiary/aromatic N) is 2. The first kappa shape index (κ1) is 22.6. The molecule has 34 heavy (non-hydrogen) atoms. The molecule has 0 bridgehead atoms. The molecule has 5 rings (SSSR count). The molecule has 5 nitrogen and oxygen atoms in total. The van der Waals surface area contributed by atoms with Gasteiger partial charge in [0.25, 0.3) is 5.91 Å². The summed E-state index contributed by atoms with van der Waals surface area (Å²) in [5.41, 5.74) is 2.44. The van der Waals surface area contributed by atoms with E-state index in [9.17, 15) is 14.0 Å². The topological polar surface area (TPSA) is 49.9 Å². The number of thiophene rings is 1. The molecule has 7 heteroatoms. The summed E-state index contributed by atoms with van der Waals surface area (Å²) in [5.74, 6) is -0.0521. The zero-order chi connectivity index (χ0) is 23.7. The third-order valence-corrected chi connectivity index (χ3v) is 7.53. The van der Waals surface area contributed by atoms with Crippen LogP contribution in [0, 0.1) is 12.7 Å². The maximum atomic E-state index is 13.7. The Hall–Kier alpha value is -3.19. The molecule has 1 fully saturated rings. The van der Waals surface area contributed by atoms with E-state index in [0.29, 0.717) is 13.2 Å². The van der Waals surface area contributed by atoms with E-state index in [1.807, 2.05) is 36.1 Å². The molecule has 1 unspecified atom stereocenters. The van der Waals surface area contributed by atoms with Crippen molar-refractivity contribution in [1.29, 1.82) is 0 Å². The fourth-order valence-electron chi connectivity index (χ4n) is 4.54. The molecule has 2 aromatic carbocycles. The maximum Gasteiger partial charge on any atom is 0.254 e. The lowest BCUT2D eigenvalue weighted by molar-refractivity contribution is -0.135. The smallest absolute Gasteiger partial charge is 0.254 e. The van der Waals surface area contributed by atoms with Gasteiger partial charge in [0.1, 0.15) is 24.7 Å². The van der Waals surface area contributed by atoms with Crippen molar-refractivity contribution in [3.63, 3.8) is 0 Å². The van der Waals surface area contributed by atoms with Gasteiger partial charge in [-0.25, -0.2) is 4.39 Å². The summed E-state index contributed by atoms with van der Waals surface area (Å²) in [7, 11) is 0. The molecule has 1 aliphatic heterocycles. The molecule has 1 saturated carbocycles. The van der Waals surface area contributed by atoms with Crippen molar-refractivity contribution in [3.8, 4) is 5.75 Å². The van der Waals surface area contributed by atoms with Gasteiger partial charge in [0.2, 0.25) is 5.91 Å². The Kier molecular flexibility index (Phi) is 6.37. The van der Waals surface area contributed by atoms with Crippen LogP contribution in [-0.2, 0) is 11.2 Å². The molecule has 0 saturated heterocycles. The number of amides is 2. The average Bonchev–Trinajstić information content (AvgIpc) is 3.57. The summed E-state index contributed by atoms with van der Waals surface area (Å²) in [5, 5.41) is 2.06. The van der Waals surface area contributed by atoms with Crippen LogP contribution in [0.3, 0.4) is 0 Å². The maximum absolute atomic E-state index is 13.7. The molecule has 0 spiro atoms. The Morgan fingerprint density at radius 3 is 2.74 bits per heavy atom. The Bertz CT molecular complexity index is 1210. The fourth-order valence-corrected chi connectivity index (χ4v) is 5.47. The van der Waals surface area contributed by atoms with Crippen LogP contribution in [0.15, 0.2) is 60.0 Å². The number of fused-ring (bicyclic) bond motifs is 1. The number of carbonyl (C=O) groups is 2. The molecule has 1 atom stereocenters. The fraction of sp³-hybridized carbons (Fsp3) is 0.333. The van der Waals surface area contributed by atoms with E-state index in [-0.39, 0.29) is 36.0 Å². The van der Waals surface area contributed by atoms with Crippen molar-refractivity contribution in [2.24, 2.45) is 0 Å². The Labute approximate surface area is 202 Å². The highest BCUT2D eigenvalue weighted by Gasteiger charge is 2.38. The molecular weight excluding hydrogens is 451 g/mol. The molecule has 3 aromatic rings. The van der Waals surface area contributed by atoms with Crippen LogP contribution >= 0.6 is 11.3 Å². The molecule has 2 amide bonds. The number of aryl methyl sites for hydroxylation is 1. The number of para-hydroxylation sites is 1. The quantitative estimate of drug-likeness (QED) is 0.480. The first-order valence-corrected chi connectivity index (χ1v) is 12.5. The standard InChI is InChI=1S/C27H27FN2O3S/c1-18-5-2-3-8-24(18)33-17-23-22-12-14-34-25(22)11-13-29(23)26(31)16-30(21-9-10-21)27(32)19-6-4-7-20(28)15-19/h2-8,12,14-15,21,23H,9-11,13,16-17H2,1H3. The van der Waals surface area contributed by atoms with Crippen LogP contribution in [0.2, 0.25) is 0 Å². The van der Waals surface area contributed by atoms with E-state index in [2.05, 4.69) is 11.4 Å². The summed E-state index contributed by atoms with van der Waals surface area (Å²) >= 11 is 1.71. The van der Waals surface area contributed by atoms with Crippen molar-refractivity contribution < 1.29 is 18.7 Å².